The first-order valence-electron chi connectivity index (χ1n) is 5.83. The van der Waals surface area contributed by atoms with Crippen LogP contribution in [0.1, 0.15) is 26.7 Å². The first-order chi connectivity index (χ1) is 6.13. The highest BCUT2D eigenvalue weighted by Gasteiger charge is 2.46. The van der Waals surface area contributed by atoms with Gasteiger partial charge in [0.1, 0.15) is 0 Å². The van der Waals surface area contributed by atoms with Gasteiger partial charge in [-0.1, -0.05) is 38.8 Å². The summed E-state index contributed by atoms with van der Waals surface area (Å²) < 4.78 is 0. The van der Waals surface area contributed by atoms with E-state index in [0.717, 1.165) is 12.0 Å². The molecule has 2 rings (SSSR count). The first-order valence-corrected chi connectivity index (χ1v) is 8.66. The SMILES string of the molecule is CC(C)[C@@H]1C[Si]2(CCCC2)CN1C. The summed E-state index contributed by atoms with van der Waals surface area (Å²) in [4.78, 5) is 2.67. The fraction of sp³-hybridized carbons (Fsp3) is 1.00. The topological polar surface area (TPSA) is 3.24 Å². The molecule has 2 fully saturated rings. The number of rotatable bonds is 1. The molecule has 13 heavy (non-hydrogen) atoms. The van der Waals surface area contributed by atoms with Gasteiger partial charge in [-0.25, -0.2) is 0 Å². The summed E-state index contributed by atoms with van der Waals surface area (Å²) >= 11 is 0. The van der Waals surface area contributed by atoms with Crippen LogP contribution >= 0.6 is 0 Å². The molecule has 0 bridgehead atoms. The summed E-state index contributed by atoms with van der Waals surface area (Å²) in [6, 6.07) is 5.81. The molecule has 0 aliphatic carbocycles. The maximum absolute atomic E-state index is 2.67. The Morgan fingerprint density at radius 2 is 1.85 bits per heavy atom. The second-order valence-electron chi connectivity index (χ2n) is 5.64. The summed E-state index contributed by atoms with van der Waals surface area (Å²) in [5.41, 5.74) is 0. The van der Waals surface area contributed by atoms with Crippen LogP contribution in [0.2, 0.25) is 18.1 Å². The molecule has 2 heteroatoms. The van der Waals surface area contributed by atoms with E-state index in [9.17, 15) is 0 Å². The standard InChI is InChI=1S/C11H23NSi/c1-10(2)11-8-13(9-12(11)3)6-4-5-7-13/h10-11H,4-9H2,1-3H3/t11-/m0/s1. The zero-order valence-electron chi connectivity index (χ0n) is 9.34. The molecule has 0 N–H and O–H groups in total. The predicted molar refractivity (Wildman–Crippen MR) is 60.7 cm³/mol. The molecule has 1 atom stereocenters. The van der Waals surface area contributed by atoms with Gasteiger partial charge in [-0.2, -0.15) is 0 Å². The minimum atomic E-state index is -0.732. The van der Waals surface area contributed by atoms with Crippen LogP contribution in [0, 0.1) is 5.92 Å². The average molecular weight is 197 g/mol. The van der Waals surface area contributed by atoms with Crippen LogP contribution in [-0.4, -0.2) is 32.2 Å². The largest absolute Gasteiger partial charge is 0.306 e. The second kappa shape index (κ2) is 3.39. The van der Waals surface area contributed by atoms with Crippen molar-refractivity contribution in [1.82, 2.24) is 4.90 Å². The van der Waals surface area contributed by atoms with E-state index in [4.69, 9.17) is 0 Å². The van der Waals surface area contributed by atoms with Crippen molar-refractivity contribution in [2.24, 2.45) is 5.92 Å². The quantitative estimate of drug-likeness (QED) is 0.584. The van der Waals surface area contributed by atoms with Crippen LogP contribution in [0.15, 0.2) is 0 Å². The van der Waals surface area contributed by atoms with Gasteiger partial charge >= 0.3 is 0 Å². The molecule has 0 unspecified atom stereocenters. The Morgan fingerprint density at radius 1 is 1.23 bits per heavy atom. The van der Waals surface area contributed by atoms with Gasteiger partial charge in [0.15, 0.2) is 0 Å². The fourth-order valence-corrected chi connectivity index (χ4v) is 9.61. The van der Waals surface area contributed by atoms with E-state index < -0.39 is 8.07 Å². The summed E-state index contributed by atoms with van der Waals surface area (Å²) in [5, 5.41) is 0. The van der Waals surface area contributed by atoms with Gasteiger partial charge in [-0.3, -0.25) is 0 Å². The van der Waals surface area contributed by atoms with Crippen LogP contribution in [0.4, 0.5) is 0 Å². The summed E-state index contributed by atoms with van der Waals surface area (Å²) in [7, 11) is 1.62. The Kier molecular flexibility index (Phi) is 2.54. The van der Waals surface area contributed by atoms with Crippen molar-refractivity contribution in [3.8, 4) is 0 Å². The molecule has 0 saturated carbocycles. The lowest BCUT2D eigenvalue weighted by atomic mass is 10.1. The lowest BCUT2D eigenvalue weighted by Gasteiger charge is -2.22. The molecule has 0 amide bonds. The Hall–Kier alpha value is 0.177. The molecule has 2 saturated heterocycles. The third kappa shape index (κ3) is 1.71. The molecule has 2 aliphatic rings. The molecule has 76 valence electrons. The molecular formula is C11H23NSi. The van der Waals surface area contributed by atoms with Crippen molar-refractivity contribution in [1.29, 1.82) is 0 Å². The van der Waals surface area contributed by atoms with Gasteiger partial charge < -0.3 is 4.90 Å². The van der Waals surface area contributed by atoms with Crippen molar-refractivity contribution in [3.63, 3.8) is 0 Å². The monoisotopic (exact) mass is 197 g/mol. The third-order valence-electron chi connectivity index (χ3n) is 4.23. The van der Waals surface area contributed by atoms with Gasteiger partial charge in [0.2, 0.25) is 0 Å². The molecule has 2 aliphatic heterocycles. The normalized spacial score (nSPS) is 33.7. The van der Waals surface area contributed by atoms with Crippen LogP contribution in [-0.2, 0) is 0 Å². The Balaban J connectivity index is 2.05. The van der Waals surface area contributed by atoms with Gasteiger partial charge in [0.25, 0.3) is 0 Å². The van der Waals surface area contributed by atoms with E-state index in [2.05, 4.69) is 25.8 Å². The van der Waals surface area contributed by atoms with E-state index in [0.29, 0.717) is 0 Å². The molecular weight excluding hydrogens is 174 g/mol. The molecule has 2 heterocycles. The highest BCUT2D eigenvalue weighted by molar-refractivity contribution is 6.81. The van der Waals surface area contributed by atoms with Gasteiger partial charge in [-0.15, -0.1) is 0 Å². The lowest BCUT2D eigenvalue weighted by Crippen LogP contribution is -2.34. The molecule has 0 aromatic heterocycles. The minimum absolute atomic E-state index is 0.732. The summed E-state index contributed by atoms with van der Waals surface area (Å²) in [6.07, 6.45) is 4.60. The van der Waals surface area contributed by atoms with E-state index in [1.54, 1.807) is 31.0 Å². The Morgan fingerprint density at radius 3 is 2.31 bits per heavy atom. The zero-order chi connectivity index (χ0) is 9.47. The second-order valence-corrected chi connectivity index (χ2v) is 10.4. The van der Waals surface area contributed by atoms with Crippen LogP contribution in [0.3, 0.4) is 0 Å². The minimum Gasteiger partial charge on any atom is -0.306 e. The van der Waals surface area contributed by atoms with Crippen molar-refractivity contribution < 1.29 is 0 Å². The van der Waals surface area contributed by atoms with Crippen LogP contribution < -0.4 is 0 Å². The van der Waals surface area contributed by atoms with E-state index in [1.165, 1.54) is 6.17 Å². The molecule has 0 aromatic rings. The van der Waals surface area contributed by atoms with Gasteiger partial charge in [-0.05, 0) is 25.2 Å². The highest BCUT2D eigenvalue weighted by atomic mass is 28.3. The van der Waals surface area contributed by atoms with E-state index >= 15 is 0 Å². The fourth-order valence-electron chi connectivity index (χ4n) is 3.54. The Bertz CT molecular complexity index is 185. The molecule has 1 nitrogen and oxygen atoms in total. The maximum atomic E-state index is 2.67. The number of hydrogen-bond acceptors (Lipinski definition) is 1. The Labute approximate surface area is 83.5 Å². The zero-order valence-corrected chi connectivity index (χ0v) is 10.3. The predicted octanol–water partition coefficient (Wildman–Crippen LogP) is 2.74. The maximum Gasteiger partial charge on any atom is 0.0706 e. The first kappa shape index (κ1) is 9.72. The molecule has 0 radical (unpaired) electrons. The van der Waals surface area contributed by atoms with E-state index in [1.807, 2.05) is 0 Å². The van der Waals surface area contributed by atoms with Crippen molar-refractivity contribution in [2.75, 3.05) is 13.2 Å². The molecule has 0 aromatic carbocycles. The lowest BCUT2D eigenvalue weighted by molar-refractivity contribution is 0.258. The van der Waals surface area contributed by atoms with E-state index in [-0.39, 0.29) is 0 Å². The average Bonchev–Trinajstić information content (AvgIpc) is 2.60. The third-order valence-corrected chi connectivity index (χ3v) is 9.51. The molecule has 1 spiro atoms. The smallest absolute Gasteiger partial charge is 0.0706 e. The van der Waals surface area contributed by atoms with Gasteiger partial charge in [0.05, 0.1) is 8.07 Å². The summed E-state index contributed by atoms with van der Waals surface area (Å²) in [5.74, 6) is 0.873. The van der Waals surface area contributed by atoms with Crippen LogP contribution in [0.5, 0.6) is 0 Å². The van der Waals surface area contributed by atoms with Crippen molar-refractivity contribution in [3.05, 3.63) is 0 Å². The van der Waals surface area contributed by atoms with Crippen molar-refractivity contribution in [2.45, 2.75) is 50.9 Å². The van der Waals surface area contributed by atoms with Crippen LogP contribution in [0.25, 0.3) is 0 Å². The van der Waals surface area contributed by atoms with Gasteiger partial charge in [0, 0.05) is 6.04 Å². The summed E-state index contributed by atoms with van der Waals surface area (Å²) in [6.45, 7) is 4.78. The highest BCUT2D eigenvalue weighted by Crippen LogP contribution is 2.41. The number of hydrogen-bond donors (Lipinski definition) is 0. The number of nitrogens with zero attached hydrogens (tertiary/aromatic N) is 1. The van der Waals surface area contributed by atoms with Crippen molar-refractivity contribution >= 4 is 8.07 Å².